The predicted molar refractivity (Wildman–Crippen MR) is 90.1 cm³/mol. The van der Waals surface area contributed by atoms with E-state index in [1.165, 1.54) is 44.5 Å². The maximum Gasteiger partial charge on any atom is 0.321 e. The quantitative estimate of drug-likeness (QED) is 0.927. The summed E-state index contributed by atoms with van der Waals surface area (Å²) in [6.07, 6.45) is 4.89. The molecule has 0 bridgehead atoms. The summed E-state index contributed by atoms with van der Waals surface area (Å²) in [5.74, 6) is -0.00947. The van der Waals surface area contributed by atoms with E-state index in [2.05, 4.69) is 10.2 Å². The Morgan fingerprint density at radius 2 is 2.04 bits per heavy atom. The predicted octanol–water partition coefficient (Wildman–Crippen LogP) is 3.04. The lowest BCUT2D eigenvalue weighted by Gasteiger charge is -2.29. The first kappa shape index (κ1) is 16.7. The standard InChI is InChI=1S/C18H23FN4O/c19-16-8-15(11-20)9-17(10-16)21-18(24)23-7-4-14(13-23)12-22-5-2-1-3-6-22/h8-10,14H,1-7,12-13H2,(H,21,24). The van der Waals surface area contributed by atoms with Gasteiger partial charge in [-0.3, -0.25) is 0 Å². The van der Waals surface area contributed by atoms with Crippen LogP contribution in [0.3, 0.4) is 0 Å². The Kier molecular flexibility index (Phi) is 5.31. The highest BCUT2D eigenvalue weighted by Gasteiger charge is 2.28. The van der Waals surface area contributed by atoms with Gasteiger partial charge in [0, 0.05) is 25.3 Å². The SMILES string of the molecule is N#Cc1cc(F)cc(NC(=O)N2CCC(CN3CCCCC3)C2)c1. The number of nitrogens with zero attached hydrogens (tertiary/aromatic N) is 3. The highest BCUT2D eigenvalue weighted by molar-refractivity contribution is 5.89. The molecule has 3 rings (SSSR count). The van der Waals surface area contributed by atoms with E-state index >= 15 is 0 Å². The molecule has 2 amide bonds. The summed E-state index contributed by atoms with van der Waals surface area (Å²) in [6.45, 7) is 4.86. The first-order chi connectivity index (χ1) is 11.6. The molecule has 0 radical (unpaired) electrons. The third kappa shape index (κ3) is 4.24. The third-order valence-electron chi connectivity index (χ3n) is 4.82. The molecule has 2 saturated heterocycles. The van der Waals surface area contributed by atoms with E-state index in [-0.39, 0.29) is 11.6 Å². The Bertz CT molecular complexity index is 636. The number of benzene rings is 1. The van der Waals surface area contributed by atoms with Crippen LogP contribution in [0.1, 0.15) is 31.2 Å². The fraction of sp³-hybridized carbons (Fsp3) is 0.556. The number of hydrogen-bond donors (Lipinski definition) is 1. The molecule has 0 spiro atoms. The molecule has 2 aliphatic heterocycles. The Morgan fingerprint density at radius 1 is 1.25 bits per heavy atom. The zero-order valence-corrected chi connectivity index (χ0v) is 13.8. The van der Waals surface area contributed by atoms with Crippen molar-refractivity contribution in [3.63, 3.8) is 0 Å². The van der Waals surface area contributed by atoms with Crippen molar-refractivity contribution in [2.45, 2.75) is 25.7 Å². The van der Waals surface area contributed by atoms with Crippen molar-refractivity contribution in [2.24, 2.45) is 5.92 Å². The number of hydrogen-bond acceptors (Lipinski definition) is 3. The highest BCUT2D eigenvalue weighted by Crippen LogP contribution is 2.21. The van der Waals surface area contributed by atoms with Crippen LogP contribution in [-0.4, -0.2) is 48.6 Å². The van der Waals surface area contributed by atoms with E-state index in [0.717, 1.165) is 32.1 Å². The zero-order chi connectivity index (χ0) is 16.9. The summed E-state index contributed by atoms with van der Waals surface area (Å²) in [6, 6.07) is 5.55. The first-order valence-corrected chi connectivity index (χ1v) is 8.63. The maximum absolute atomic E-state index is 13.4. The topological polar surface area (TPSA) is 59.4 Å². The number of anilines is 1. The molecular formula is C18H23FN4O. The molecule has 0 aromatic heterocycles. The van der Waals surface area contributed by atoms with Gasteiger partial charge in [0.05, 0.1) is 11.6 Å². The largest absolute Gasteiger partial charge is 0.324 e. The van der Waals surface area contributed by atoms with E-state index in [1.54, 1.807) is 4.90 Å². The minimum Gasteiger partial charge on any atom is -0.324 e. The summed E-state index contributed by atoms with van der Waals surface area (Å²) in [5.41, 5.74) is 0.533. The van der Waals surface area contributed by atoms with Gasteiger partial charge in [0.15, 0.2) is 0 Å². The van der Waals surface area contributed by atoms with Crippen LogP contribution in [0.5, 0.6) is 0 Å². The zero-order valence-electron chi connectivity index (χ0n) is 13.8. The number of amides is 2. The van der Waals surface area contributed by atoms with Crippen molar-refractivity contribution in [3.05, 3.63) is 29.6 Å². The lowest BCUT2D eigenvalue weighted by molar-refractivity contribution is 0.192. The van der Waals surface area contributed by atoms with Crippen molar-refractivity contribution in [2.75, 3.05) is 38.0 Å². The second-order valence-corrected chi connectivity index (χ2v) is 6.73. The van der Waals surface area contributed by atoms with Gasteiger partial charge in [-0.15, -0.1) is 0 Å². The number of likely N-dealkylation sites (tertiary alicyclic amines) is 2. The van der Waals surface area contributed by atoms with Gasteiger partial charge >= 0.3 is 6.03 Å². The average Bonchev–Trinajstić information content (AvgIpc) is 3.04. The Morgan fingerprint density at radius 3 is 2.79 bits per heavy atom. The lowest BCUT2D eigenvalue weighted by Crippen LogP contribution is -2.37. The molecule has 1 aromatic rings. The van der Waals surface area contributed by atoms with Crippen LogP contribution in [0.4, 0.5) is 14.9 Å². The number of carbonyl (C=O) groups is 1. The van der Waals surface area contributed by atoms with Crippen LogP contribution >= 0.6 is 0 Å². The van der Waals surface area contributed by atoms with Gasteiger partial charge in [-0.25, -0.2) is 9.18 Å². The van der Waals surface area contributed by atoms with Crippen LogP contribution in [0.2, 0.25) is 0 Å². The molecule has 1 N–H and O–H groups in total. The molecule has 0 aliphatic carbocycles. The number of urea groups is 1. The molecule has 1 atom stereocenters. The summed E-state index contributed by atoms with van der Waals surface area (Å²) >= 11 is 0. The van der Waals surface area contributed by atoms with Crippen LogP contribution in [0.25, 0.3) is 0 Å². The number of halogens is 1. The molecule has 6 heteroatoms. The van der Waals surface area contributed by atoms with Crippen molar-refractivity contribution >= 4 is 11.7 Å². The molecule has 24 heavy (non-hydrogen) atoms. The van der Waals surface area contributed by atoms with Gasteiger partial charge in [0.2, 0.25) is 0 Å². The van der Waals surface area contributed by atoms with Crippen LogP contribution in [0, 0.1) is 23.1 Å². The fourth-order valence-corrected chi connectivity index (χ4v) is 3.60. The van der Waals surface area contributed by atoms with Gasteiger partial charge in [-0.2, -0.15) is 5.26 Å². The number of piperidine rings is 1. The fourth-order valence-electron chi connectivity index (χ4n) is 3.60. The molecule has 2 aliphatic rings. The van der Waals surface area contributed by atoms with Gasteiger partial charge in [0.1, 0.15) is 5.82 Å². The van der Waals surface area contributed by atoms with Crippen LogP contribution in [0.15, 0.2) is 18.2 Å². The van der Waals surface area contributed by atoms with Crippen molar-refractivity contribution in [1.82, 2.24) is 9.80 Å². The summed E-state index contributed by atoms with van der Waals surface area (Å²) < 4.78 is 13.4. The number of nitrogens with one attached hydrogen (secondary N) is 1. The Hall–Kier alpha value is -2.13. The Balaban J connectivity index is 1.53. The third-order valence-corrected chi connectivity index (χ3v) is 4.82. The molecule has 1 unspecified atom stereocenters. The van der Waals surface area contributed by atoms with Gasteiger partial charge in [-0.05, 0) is 56.5 Å². The average molecular weight is 330 g/mol. The molecule has 2 fully saturated rings. The summed E-state index contributed by atoms with van der Waals surface area (Å²) in [7, 11) is 0. The van der Waals surface area contributed by atoms with Crippen molar-refractivity contribution < 1.29 is 9.18 Å². The van der Waals surface area contributed by atoms with E-state index < -0.39 is 5.82 Å². The van der Waals surface area contributed by atoms with E-state index in [4.69, 9.17) is 5.26 Å². The van der Waals surface area contributed by atoms with E-state index in [1.807, 2.05) is 6.07 Å². The summed E-state index contributed by atoms with van der Waals surface area (Å²) in [4.78, 5) is 16.6. The second kappa shape index (κ2) is 7.63. The monoisotopic (exact) mass is 330 g/mol. The van der Waals surface area contributed by atoms with Gasteiger partial charge < -0.3 is 15.1 Å². The molecule has 0 saturated carbocycles. The van der Waals surface area contributed by atoms with Gasteiger partial charge in [0.25, 0.3) is 0 Å². The van der Waals surface area contributed by atoms with E-state index in [0.29, 0.717) is 11.6 Å². The van der Waals surface area contributed by atoms with Crippen LogP contribution < -0.4 is 5.32 Å². The second-order valence-electron chi connectivity index (χ2n) is 6.73. The van der Waals surface area contributed by atoms with Crippen molar-refractivity contribution in [1.29, 1.82) is 5.26 Å². The molecule has 128 valence electrons. The normalized spacial score (nSPS) is 21.5. The highest BCUT2D eigenvalue weighted by atomic mass is 19.1. The van der Waals surface area contributed by atoms with Gasteiger partial charge in [-0.1, -0.05) is 6.42 Å². The van der Waals surface area contributed by atoms with Crippen molar-refractivity contribution in [3.8, 4) is 6.07 Å². The number of rotatable bonds is 3. The summed E-state index contributed by atoms with van der Waals surface area (Å²) in [5, 5.41) is 11.6. The number of nitriles is 1. The van der Waals surface area contributed by atoms with E-state index in [9.17, 15) is 9.18 Å². The lowest BCUT2D eigenvalue weighted by atomic mass is 10.1. The smallest absolute Gasteiger partial charge is 0.321 e. The minimum atomic E-state index is -0.520. The number of carbonyl (C=O) groups excluding carboxylic acids is 1. The molecule has 5 nitrogen and oxygen atoms in total. The van der Waals surface area contributed by atoms with Crippen LogP contribution in [-0.2, 0) is 0 Å². The minimum absolute atomic E-state index is 0.203. The molecular weight excluding hydrogens is 307 g/mol. The maximum atomic E-state index is 13.4. The first-order valence-electron chi connectivity index (χ1n) is 8.63. The molecule has 2 heterocycles. The Labute approximate surface area is 142 Å². The molecule has 1 aromatic carbocycles.